The predicted molar refractivity (Wildman–Crippen MR) is 45.1 cm³/mol. The van der Waals surface area contributed by atoms with E-state index in [9.17, 15) is 10.1 Å². The summed E-state index contributed by atoms with van der Waals surface area (Å²) >= 11 is 0. The van der Waals surface area contributed by atoms with Gasteiger partial charge < -0.3 is 0 Å². The first kappa shape index (κ1) is 10.1. The Morgan fingerprint density at radius 3 is 2.73 bits per heavy atom. The molecule has 0 aromatic rings. The van der Waals surface area contributed by atoms with E-state index in [-0.39, 0.29) is 11.5 Å². The standard InChI is InChI=1S/C8H15NO2/c1-3-8(2)6-4-5-7-9(10)11/h3,8H,1,4-7H2,2H3. The van der Waals surface area contributed by atoms with Gasteiger partial charge >= 0.3 is 0 Å². The van der Waals surface area contributed by atoms with Crippen LogP contribution in [0.5, 0.6) is 0 Å². The number of nitrogens with zero attached hydrogens (tertiary/aromatic N) is 1. The maximum atomic E-state index is 9.90. The zero-order valence-electron chi connectivity index (χ0n) is 6.95. The van der Waals surface area contributed by atoms with E-state index >= 15 is 0 Å². The molecule has 0 heterocycles. The van der Waals surface area contributed by atoms with Crippen LogP contribution >= 0.6 is 0 Å². The molecule has 0 fully saturated rings. The topological polar surface area (TPSA) is 43.1 Å². The fourth-order valence-electron chi connectivity index (χ4n) is 0.825. The first-order chi connectivity index (χ1) is 5.16. The Morgan fingerprint density at radius 1 is 1.64 bits per heavy atom. The lowest BCUT2D eigenvalue weighted by Crippen LogP contribution is -2.00. The fourth-order valence-corrected chi connectivity index (χ4v) is 0.825. The zero-order chi connectivity index (χ0) is 8.69. The van der Waals surface area contributed by atoms with Gasteiger partial charge in [0, 0.05) is 11.3 Å². The highest BCUT2D eigenvalue weighted by Crippen LogP contribution is 2.07. The molecule has 0 aromatic heterocycles. The minimum atomic E-state index is -0.265. The summed E-state index contributed by atoms with van der Waals surface area (Å²) in [4.78, 5) is 9.63. The summed E-state index contributed by atoms with van der Waals surface area (Å²) in [6.07, 6.45) is 4.50. The van der Waals surface area contributed by atoms with Gasteiger partial charge in [0.25, 0.3) is 0 Å². The molecule has 64 valence electrons. The second-order valence-electron chi connectivity index (χ2n) is 2.77. The molecule has 0 amide bonds. The Morgan fingerprint density at radius 2 is 2.27 bits per heavy atom. The molecular formula is C8H15NO2. The fraction of sp³-hybridized carbons (Fsp3) is 0.750. The van der Waals surface area contributed by atoms with Gasteiger partial charge in [-0.25, -0.2) is 0 Å². The van der Waals surface area contributed by atoms with Gasteiger partial charge in [0.2, 0.25) is 6.54 Å². The number of allylic oxidation sites excluding steroid dienone is 1. The highest BCUT2D eigenvalue weighted by atomic mass is 16.6. The lowest BCUT2D eigenvalue weighted by atomic mass is 10.0. The van der Waals surface area contributed by atoms with Gasteiger partial charge in [0.15, 0.2) is 0 Å². The molecule has 11 heavy (non-hydrogen) atoms. The number of nitro groups is 1. The van der Waals surface area contributed by atoms with Crippen LogP contribution in [-0.4, -0.2) is 11.5 Å². The molecule has 0 rings (SSSR count). The molecule has 0 spiro atoms. The molecule has 1 atom stereocenters. The summed E-state index contributed by atoms with van der Waals surface area (Å²) < 4.78 is 0. The van der Waals surface area contributed by atoms with Crippen molar-refractivity contribution in [3.8, 4) is 0 Å². The van der Waals surface area contributed by atoms with Gasteiger partial charge in [-0.15, -0.1) is 6.58 Å². The second kappa shape index (κ2) is 5.89. The average molecular weight is 157 g/mol. The van der Waals surface area contributed by atoms with Crippen LogP contribution in [0, 0.1) is 16.0 Å². The molecule has 0 saturated heterocycles. The van der Waals surface area contributed by atoms with Crippen LogP contribution in [0.4, 0.5) is 0 Å². The van der Waals surface area contributed by atoms with Crippen LogP contribution in [-0.2, 0) is 0 Å². The van der Waals surface area contributed by atoms with E-state index in [0.29, 0.717) is 12.3 Å². The number of hydrogen-bond acceptors (Lipinski definition) is 2. The van der Waals surface area contributed by atoms with Crippen LogP contribution in [0.25, 0.3) is 0 Å². The van der Waals surface area contributed by atoms with Crippen LogP contribution in [0.15, 0.2) is 12.7 Å². The minimum Gasteiger partial charge on any atom is -0.265 e. The number of rotatable bonds is 6. The van der Waals surface area contributed by atoms with E-state index < -0.39 is 0 Å². The van der Waals surface area contributed by atoms with Crippen molar-refractivity contribution in [1.82, 2.24) is 0 Å². The number of unbranched alkanes of at least 4 members (excludes halogenated alkanes) is 1. The second-order valence-corrected chi connectivity index (χ2v) is 2.77. The Labute approximate surface area is 67.3 Å². The molecule has 3 nitrogen and oxygen atoms in total. The van der Waals surface area contributed by atoms with Gasteiger partial charge in [-0.3, -0.25) is 10.1 Å². The summed E-state index contributed by atoms with van der Waals surface area (Å²) in [5, 5.41) is 9.90. The maximum absolute atomic E-state index is 9.90. The third-order valence-corrected chi connectivity index (χ3v) is 1.65. The third kappa shape index (κ3) is 7.03. The maximum Gasteiger partial charge on any atom is 0.203 e. The van der Waals surface area contributed by atoms with Crippen molar-refractivity contribution in [1.29, 1.82) is 0 Å². The van der Waals surface area contributed by atoms with Gasteiger partial charge in [-0.1, -0.05) is 13.0 Å². The monoisotopic (exact) mass is 157 g/mol. The van der Waals surface area contributed by atoms with Crippen molar-refractivity contribution in [3.05, 3.63) is 22.8 Å². The average Bonchev–Trinajstić information content (AvgIpc) is 1.97. The van der Waals surface area contributed by atoms with Crippen molar-refractivity contribution >= 4 is 0 Å². The summed E-state index contributed by atoms with van der Waals surface area (Å²) in [5.74, 6) is 0.488. The van der Waals surface area contributed by atoms with Crippen molar-refractivity contribution in [3.63, 3.8) is 0 Å². The summed E-state index contributed by atoms with van der Waals surface area (Å²) in [5.41, 5.74) is 0. The molecule has 0 aliphatic carbocycles. The molecule has 0 aliphatic heterocycles. The normalized spacial score (nSPS) is 12.5. The zero-order valence-corrected chi connectivity index (χ0v) is 6.95. The summed E-state index contributed by atoms with van der Waals surface area (Å²) in [6, 6.07) is 0. The molecule has 0 radical (unpaired) electrons. The van der Waals surface area contributed by atoms with Crippen LogP contribution in [0.3, 0.4) is 0 Å². The van der Waals surface area contributed by atoms with Crippen LogP contribution in [0.1, 0.15) is 26.2 Å². The highest BCUT2D eigenvalue weighted by Gasteiger charge is 1.99. The molecule has 0 N–H and O–H groups in total. The molecular weight excluding hydrogens is 142 g/mol. The van der Waals surface area contributed by atoms with Crippen molar-refractivity contribution < 1.29 is 4.92 Å². The van der Waals surface area contributed by atoms with E-state index in [2.05, 4.69) is 13.5 Å². The lowest BCUT2D eigenvalue weighted by molar-refractivity contribution is -0.480. The Kier molecular flexibility index (Phi) is 5.43. The first-order valence-corrected chi connectivity index (χ1v) is 3.91. The third-order valence-electron chi connectivity index (χ3n) is 1.65. The van der Waals surface area contributed by atoms with Gasteiger partial charge in [-0.05, 0) is 18.8 Å². The quantitative estimate of drug-likeness (QED) is 0.257. The van der Waals surface area contributed by atoms with Crippen molar-refractivity contribution in [2.75, 3.05) is 6.54 Å². The Balaban J connectivity index is 3.14. The summed E-state index contributed by atoms with van der Waals surface area (Å²) in [6.45, 7) is 5.81. The molecule has 0 aliphatic rings. The lowest BCUT2D eigenvalue weighted by Gasteiger charge is -2.02. The van der Waals surface area contributed by atoms with E-state index in [1.807, 2.05) is 6.08 Å². The summed E-state index contributed by atoms with van der Waals surface area (Å²) in [7, 11) is 0. The van der Waals surface area contributed by atoms with E-state index in [4.69, 9.17) is 0 Å². The number of hydrogen-bond donors (Lipinski definition) is 0. The van der Waals surface area contributed by atoms with Gasteiger partial charge in [0.1, 0.15) is 0 Å². The van der Waals surface area contributed by atoms with Crippen molar-refractivity contribution in [2.45, 2.75) is 26.2 Å². The van der Waals surface area contributed by atoms with E-state index in [1.165, 1.54) is 0 Å². The van der Waals surface area contributed by atoms with Gasteiger partial charge in [-0.2, -0.15) is 0 Å². The minimum absolute atomic E-state index is 0.101. The Bertz CT molecular complexity index is 134. The largest absolute Gasteiger partial charge is 0.265 e. The van der Waals surface area contributed by atoms with Crippen LogP contribution < -0.4 is 0 Å². The molecule has 1 unspecified atom stereocenters. The highest BCUT2D eigenvalue weighted by molar-refractivity contribution is 4.74. The molecule has 0 bridgehead atoms. The first-order valence-electron chi connectivity index (χ1n) is 3.91. The molecule has 0 aromatic carbocycles. The van der Waals surface area contributed by atoms with E-state index in [0.717, 1.165) is 12.8 Å². The Hall–Kier alpha value is -0.860. The van der Waals surface area contributed by atoms with E-state index in [1.54, 1.807) is 0 Å². The SMILES string of the molecule is C=CC(C)CCCC[N+](=O)[O-]. The predicted octanol–water partition coefficient (Wildman–Crippen LogP) is 2.26. The van der Waals surface area contributed by atoms with Gasteiger partial charge in [0.05, 0.1) is 0 Å². The smallest absolute Gasteiger partial charge is 0.203 e. The van der Waals surface area contributed by atoms with Crippen LogP contribution in [0.2, 0.25) is 0 Å². The molecule has 0 saturated carbocycles. The molecule has 3 heteroatoms. The van der Waals surface area contributed by atoms with Crippen molar-refractivity contribution in [2.24, 2.45) is 5.92 Å².